The molecule has 0 saturated heterocycles. The lowest BCUT2D eigenvalue weighted by Gasteiger charge is -1.98. The van der Waals surface area contributed by atoms with Gasteiger partial charge in [-0.3, -0.25) is 4.79 Å². The zero-order valence-electron chi connectivity index (χ0n) is 9.58. The van der Waals surface area contributed by atoms with Gasteiger partial charge < -0.3 is 10.2 Å². The van der Waals surface area contributed by atoms with Crippen LogP contribution in [-0.2, 0) is 0 Å². The zero-order chi connectivity index (χ0) is 13.0. The van der Waals surface area contributed by atoms with E-state index in [2.05, 4.69) is 0 Å². The summed E-state index contributed by atoms with van der Waals surface area (Å²) in [5, 5.41) is 18.5. The van der Waals surface area contributed by atoms with E-state index in [0.29, 0.717) is 11.1 Å². The minimum Gasteiger partial charge on any atom is -0.504 e. The normalized spacial score (nSPS) is 10.7. The summed E-state index contributed by atoms with van der Waals surface area (Å²) in [4.78, 5) is 11.8. The second-order valence-corrected chi connectivity index (χ2v) is 3.81. The molecule has 0 aliphatic carbocycles. The van der Waals surface area contributed by atoms with Gasteiger partial charge in [-0.2, -0.15) is 0 Å². The van der Waals surface area contributed by atoms with Crippen LogP contribution in [0.2, 0.25) is 0 Å². The first-order chi connectivity index (χ1) is 8.66. The molecule has 90 valence electrons. The number of aromatic hydroxyl groups is 2. The van der Waals surface area contributed by atoms with E-state index in [1.807, 2.05) is 6.07 Å². The summed E-state index contributed by atoms with van der Waals surface area (Å²) >= 11 is 0. The van der Waals surface area contributed by atoms with Crippen LogP contribution >= 0.6 is 0 Å². The molecular formula is C15H12O3. The van der Waals surface area contributed by atoms with Gasteiger partial charge >= 0.3 is 0 Å². The summed E-state index contributed by atoms with van der Waals surface area (Å²) in [6, 6.07) is 13.3. The number of carbonyl (C=O) groups is 1. The number of carbonyl (C=O) groups excluding carboxylic acids is 1. The Morgan fingerprint density at radius 3 is 2.33 bits per heavy atom. The molecule has 0 aliphatic heterocycles. The summed E-state index contributed by atoms with van der Waals surface area (Å²) in [5.74, 6) is -0.492. The van der Waals surface area contributed by atoms with E-state index in [0.717, 1.165) is 0 Å². The van der Waals surface area contributed by atoms with Crippen LogP contribution in [0, 0.1) is 0 Å². The molecule has 0 saturated carbocycles. The molecule has 0 atom stereocenters. The van der Waals surface area contributed by atoms with Gasteiger partial charge in [0.1, 0.15) is 0 Å². The molecule has 0 spiro atoms. The third-order valence-corrected chi connectivity index (χ3v) is 2.48. The van der Waals surface area contributed by atoms with Crippen molar-refractivity contribution in [2.24, 2.45) is 0 Å². The van der Waals surface area contributed by atoms with Crippen LogP contribution in [0.4, 0.5) is 0 Å². The maximum absolute atomic E-state index is 11.8. The summed E-state index contributed by atoms with van der Waals surface area (Å²) in [5.41, 5.74) is 1.26. The highest BCUT2D eigenvalue weighted by Gasteiger charge is 2.01. The standard InChI is InChI=1S/C15H12O3/c16-13(12-4-2-1-3-5-12)8-6-11-7-9-14(17)15(18)10-11/h1-10,17-18H. The molecular weight excluding hydrogens is 228 g/mol. The van der Waals surface area contributed by atoms with Gasteiger partial charge in [0.15, 0.2) is 17.3 Å². The van der Waals surface area contributed by atoms with Crippen molar-refractivity contribution in [3.8, 4) is 11.5 Å². The van der Waals surface area contributed by atoms with Crippen molar-refractivity contribution >= 4 is 11.9 Å². The van der Waals surface area contributed by atoms with Crippen LogP contribution < -0.4 is 0 Å². The molecule has 2 rings (SSSR count). The first-order valence-corrected chi connectivity index (χ1v) is 5.46. The Bertz CT molecular complexity index is 586. The van der Waals surface area contributed by atoms with E-state index in [-0.39, 0.29) is 17.3 Å². The molecule has 0 amide bonds. The van der Waals surface area contributed by atoms with Crippen molar-refractivity contribution in [2.45, 2.75) is 0 Å². The molecule has 0 radical (unpaired) electrons. The van der Waals surface area contributed by atoms with Gasteiger partial charge in [-0.1, -0.05) is 42.5 Å². The van der Waals surface area contributed by atoms with Crippen molar-refractivity contribution < 1.29 is 15.0 Å². The largest absolute Gasteiger partial charge is 0.504 e. The molecule has 2 N–H and O–H groups in total. The van der Waals surface area contributed by atoms with E-state index in [1.165, 1.54) is 18.2 Å². The number of allylic oxidation sites excluding steroid dienone is 1. The Balaban J connectivity index is 2.16. The van der Waals surface area contributed by atoms with Gasteiger partial charge in [0.25, 0.3) is 0 Å². The van der Waals surface area contributed by atoms with Gasteiger partial charge in [-0.25, -0.2) is 0 Å². The van der Waals surface area contributed by atoms with Crippen LogP contribution in [0.5, 0.6) is 11.5 Å². The molecule has 2 aromatic carbocycles. The molecule has 0 bridgehead atoms. The molecule has 0 aliphatic rings. The summed E-state index contributed by atoms with van der Waals surface area (Å²) in [6.07, 6.45) is 3.02. The Hall–Kier alpha value is -2.55. The average molecular weight is 240 g/mol. The molecule has 0 aromatic heterocycles. The highest BCUT2D eigenvalue weighted by molar-refractivity contribution is 6.06. The summed E-state index contributed by atoms with van der Waals surface area (Å²) < 4.78 is 0. The molecule has 2 aromatic rings. The Morgan fingerprint density at radius 1 is 0.944 bits per heavy atom. The van der Waals surface area contributed by atoms with Crippen LogP contribution in [0.1, 0.15) is 15.9 Å². The zero-order valence-corrected chi connectivity index (χ0v) is 9.58. The number of phenolic OH excluding ortho intramolecular Hbond substituents is 2. The minimum absolute atomic E-state index is 0.108. The number of rotatable bonds is 3. The fourth-order valence-electron chi connectivity index (χ4n) is 1.51. The second kappa shape index (κ2) is 5.19. The minimum atomic E-state index is -0.204. The molecule has 0 unspecified atom stereocenters. The van der Waals surface area contributed by atoms with Gasteiger partial charge in [0.05, 0.1) is 0 Å². The predicted octanol–water partition coefficient (Wildman–Crippen LogP) is 2.99. The van der Waals surface area contributed by atoms with Gasteiger partial charge in [0, 0.05) is 5.56 Å². The Morgan fingerprint density at radius 2 is 1.67 bits per heavy atom. The first kappa shape index (κ1) is 11.9. The van der Waals surface area contributed by atoms with Gasteiger partial charge in [-0.15, -0.1) is 0 Å². The fourth-order valence-corrected chi connectivity index (χ4v) is 1.51. The summed E-state index contributed by atoms with van der Waals surface area (Å²) in [7, 11) is 0. The molecule has 3 nitrogen and oxygen atoms in total. The van der Waals surface area contributed by atoms with E-state index >= 15 is 0 Å². The fraction of sp³-hybridized carbons (Fsp3) is 0. The monoisotopic (exact) mass is 240 g/mol. The quantitative estimate of drug-likeness (QED) is 0.492. The summed E-state index contributed by atoms with van der Waals surface area (Å²) in [6.45, 7) is 0. The Labute approximate surface area is 105 Å². The van der Waals surface area contributed by atoms with Crippen LogP contribution in [0.3, 0.4) is 0 Å². The number of hydrogen-bond acceptors (Lipinski definition) is 3. The third-order valence-electron chi connectivity index (χ3n) is 2.48. The van der Waals surface area contributed by atoms with Gasteiger partial charge in [-0.05, 0) is 23.8 Å². The smallest absolute Gasteiger partial charge is 0.185 e. The van der Waals surface area contributed by atoms with Gasteiger partial charge in [0.2, 0.25) is 0 Å². The van der Waals surface area contributed by atoms with Crippen LogP contribution in [0.15, 0.2) is 54.6 Å². The number of hydrogen-bond donors (Lipinski definition) is 2. The lowest BCUT2D eigenvalue weighted by atomic mass is 10.1. The predicted molar refractivity (Wildman–Crippen MR) is 69.6 cm³/mol. The highest BCUT2D eigenvalue weighted by Crippen LogP contribution is 2.25. The average Bonchev–Trinajstić information content (AvgIpc) is 2.41. The first-order valence-electron chi connectivity index (χ1n) is 5.46. The maximum Gasteiger partial charge on any atom is 0.185 e. The Kier molecular flexibility index (Phi) is 3.44. The second-order valence-electron chi connectivity index (χ2n) is 3.81. The molecule has 0 heterocycles. The van der Waals surface area contributed by atoms with Crippen molar-refractivity contribution in [2.75, 3.05) is 0 Å². The molecule has 0 fully saturated rings. The lowest BCUT2D eigenvalue weighted by molar-refractivity contribution is 0.104. The van der Waals surface area contributed by atoms with E-state index < -0.39 is 0 Å². The van der Waals surface area contributed by atoms with Crippen molar-refractivity contribution in [1.82, 2.24) is 0 Å². The van der Waals surface area contributed by atoms with Crippen molar-refractivity contribution in [3.63, 3.8) is 0 Å². The van der Waals surface area contributed by atoms with Crippen LogP contribution in [-0.4, -0.2) is 16.0 Å². The van der Waals surface area contributed by atoms with E-state index in [1.54, 1.807) is 36.4 Å². The van der Waals surface area contributed by atoms with Crippen LogP contribution in [0.25, 0.3) is 6.08 Å². The molecule has 3 heteroatoms. The van der Waals surface area contributed by atoms with E-state index in [4.69, 9.17) is 5.11 Å². The third kappa shape index (κ3) is 2.77. The molecule has 18 heavy (non-hydrogen) atoms. The highest BCUT2D eigenvalue weighted by atomic mass is 16.3. The number of phenols is 2. The van der Waals surface area contributed by atoms with Crippen molar-refractivity contribution in [1.29, 1.82) is 0 Å². The van der Waals surface area contributed by atoms with E-state index in [9.17, 15) is 9.90 Å². The SMILES string of the molecule is O=C(C=Cc1ccc(O)c(O)c1)c1ccccc1. The number of ketones is 1. The van der Waals surface area contributed by atoms with Crippen molar-refractivity contribution in [3.05, 3.63) is 65.7 Å². The number of benzene rings is 2. The topological polar surface area (TPSA) is 57.5 Å². The lowest BCUT2D eigenvalue weighted by Crippen LogP contribution is -1.92. The maximum atomic E-state index is 11.8.